The number of amides is 1. The van der Waals surface area contributed by atoms with Crippen molar-refractivity contribution in [3.8, 4) is 11.5 Å². The number of hydrazone groups is 1. The van der Waals surface area contributed by atoms with Crippen LogP contribution in [0.2, 0.25) is 0 Å². The fraction of sp³-hybridized carbons (Fsp3) is 0.300. The Bertz CT molecular complexity index is 809. The molecule has 0 aliphatic rings. The van der Waals surface area contributed by atoms with Crippen molar-refractivity contribution in [2.24, 2.45) is 5.10 Å². The van der Waals surface area contributed by atoms with Gasteiger partial charge in [-0.15, -0.1) is 0 Å². The van der Waals surface area contributed by atoms with Gasteiger partial charge in [0, 0.05) is 5.56 Å². The molecule has 0 saturated carbocycles. The second kappa shape index (κ2) is 8.36. The van der Waals surface area contributed by atoms with Crippen molar-refractivity contribution < 1.29 is 14.3 Å². The maximum absolute atomic E-state index is 12.2. The summed E-state index contributed by atoms with van der Waals surface area (Å²) in [6.07, 6.45) is 1.55. The molecular weight excluding hydrogens is 396 g/mol. The summed E-state index contributed by atoms with van der Waals surface area (Å²) >= 11 is 3.43. The van der Waals surface area contributed by atoms with Gasteiger partial charge >= 0.3 is 0 Å². The second-order valence-corrected chi connectivity index (χ2v) is 7.62. The molecule has 0 atom stereocenters. The van der Waals surface area contributed by atoms with Crippen molar-refractivity contribution in [1.82, 2.24) is 5.43 Å². The summed E-state index contributed by atoms with van der Waals surface area (Å²) in [5.74, 6) is 0.918. The van der Waals surface area contributed by atoms with Gasteiger partial charge in [-0.2, -0.15) is 5.10 Å². The number of carbonyl (C=O) groups excluding carboxylic acids is 1. The molecule has 138 valence electrons. The van der Waals surface area contributed by atoms with Gasteiger partial charge in [-0.25, -0.2) is 5.43 Å². The predicted molar refractivity (Wildman–Crippen MR) is 107 cm³/mol. The van der Waals surface area contributed by atoms with Crippen LogP contribution in [0.15, 0.2) is 46.0 Å². The van der Waals surface area contributed by atoms with Crippen LogP contribution in [0.25, 0.3) is 0 Å². The fourth-order valence-corrected chi connectivity index (χ4v) is 2.99. The van der Waals surface area contributed by atoms with Crippen molar-refractivity contribution in [3.63, 3.8) is 0 Å². The van der Waals surface area contributed by atoms with Gasteiger partial charge < -0.3 is 9.47 Å². The van der Waals surface area contributed by atoms with Crippen molar-refractivity contribution in [2.45, 2.75) is 26.2 Å². The number of rotatable bonds is 5. The lowest BCUT2D eigenvalue weighted by Crippen LogP contribution is -2.18. The van der Waals surface area contributed by atoms with Crippen LogP contribution in [0.3, 0.4) is 0 Å². The molecule has 5 nitrogen and oxygen atoms in total. The van der Waals surface area contributed by atoms with Gasteiger partial charge in [-0.1, -0.05) is 32.9 Å². The Morgan fingerprint density at radius 1 is 1.12 bits per heavy atom. The van der Waals surface area contributed by atoms with Crippen LogP contribution in [0.4, 0.5) is 0 Å². The molecule has 1 N–H and O–H groups in total. The molecule has 2 aromatic rings. The van der Waals surface area contributed by atoms with Crippen molar-refractivity contribution in [2.75, 3.05) is 14.2 Å². The van der Waals surface area contributed by atoms with Crippen LogP contribution in [0.1, 0.15) is 42.3 Å². The molecule has 0 spiro atoms. The van der Waals surface area contributed by atoms with E-state index in [-0.39, 0.29) is 11.3 Å². The summed E-state index contributed by atoms with van der Waals surface area (Å²) in [5.41, 5.74) is 5.08. The van der Waals surface area contributed by atoms with E-state index in [4.69, 9.17) is 9.47 Å². The zero-order chi connectivity index (χ0) is 19.3. The number of nitrogens with one attached hydrogen (secondary N) is 1. The Kier molecular flexibility index (Phi) is 6.42. The van der Waals surface area contributed by atoms with Crippen LogP contribution >= 0.6 is 15.9 Å². The zero-order valence-corrected chi connectivity index (χ0v) is 17.2. The highest BCUT2D eigenvalue weighted by Gasteiger charge is 2.14. The lowest BCUT2D eigenvalue weighted by molar-refractivity contribution is 0.0955. The van der Waals surface area contributed by atoms with E-state index in [0.29, 0.717) is 17.1 Å². The molecule has 0 aromatic heterocycles. The van der Waals surface area contributed by atoms with Gasteiger partial charge in [0.25, 0.3) is 5.91 Å². The first-order valence-electron chi connectivity index (χ1n) is 8.11. The fourth-order valence-electron chi connectivity index (χ4n) is 2.36. The van der Waals surface area contributed by atoms with E-state index in [1.54, 1.807) is 38.6 Å². The number of benzene rings is 2. The highest BCUT2D eigenvalue weighted by Crippen LogP contribution is 2.35. The zero-order valence-electron chi connectivity index (χ0n) is 15.6. The number of carbonyl (C=O) groups is 1. The largest absolute Gasteiger partial charge is 0.493 e. The minimum Gasteiger partial charge on any atom is -0.493 e. The highest BCUT2D eigenvalue weighted by atomic mass is 79.9. The summed E-state index contributed by atoms with van der Waals surface area (Å²) < 4.78 is 11.3. The topological polar surface area (TPSA) is 59.9 Å². The van der Waals surface area contributed by atoms with E-state index in [9.17, 15) is 4.79 Å². The van der Waals surface area contributed by atoms with Crippen LogP contribution < -0.4 is 14.9 Å². The smallest absolute Gasteiger partial charge is 0.271 e. The molecule has 6 heteroatoms. The minimum atomic E-state index is -0.263. The first-order chi connectivity index (χ1) is 12.3. The maximum Gasteiger partial charge on any atom is 0.271 e. The molecule has 26 heavy (non-hydrogen) atoms. The number of hydrogen-bond donors (Lipinski definition) is 1. The first-order valence-corrected chi connectivity index (χ1v) is 8.91. The Hall–Kier alpha value is -2.34. The van der Waals surface area contributed by atoms with Gasteiger partial charge in [0.05, 0.1) is 24.9 Å². The van der Waals surface area contributed by atoms with Crippen LogP contribution in [-0.4, -0.2) is 26.3 Å². The average molecular weight is 419 g/mol. The summed E-state index contributed by atoms with van der Waals surface area (Å²) in [7, 11) is 3.13. The number of halogens is 1. The van der Waals surface area contributed by atoms with Crippen molar-refractivity contribution in [1.29, 1.82) is 0 Å². The second-order valence-electron chi connectivity index (χ2n) is 6.76. The lowest BCUT2D eigenvalue weighted by Gasteiger charge is -2.18. The highest BCUT2D eigenvalue weighted by molar-refractivity contribution is 9.10. The molecule has 0 aliphatic carbocycles. The van der Waals surface area contributed by atoms with Gasteiger partial charge in [-0.05, 0) is 56.7 Å². The Morgan fingerprint density at radius 3 is 2.31 bits per heavy atom. The van der Waals surface area contributed by atoms with Gasteiger partial charge in [-0.3, -0.25) is 4.79 Å². The van der Waals surface area contributed by atoms with Crippen molar-refractivity contribution >= 4 is 28.1 Å². The Labute approximate surface area is 162 Å². The third kappa shape index (κ3) is 4.85. The molecule has 2 aromatic carbocycles. The van der Waals surface area contributed by atoms with Crippen molar-refractivity contribution in [3.05, 3.63) is 57.6 Å². The molecule has 0 heterocycles. The molecule has 2 rings (SSSR count). The quantitative estimate of drug-likeness (QED) is 0.573. The monoisotopic (exact) mass is 418 g/mol. The van der Waals surface area contributed by atoms with E-state index < -0.39 is 0 Å². The van der Waals surface area contributed by atoms with Gasteiger partial charge in [0.2, 0.25) is 0 Å². The van der Waals surface area contributed by atoms with E-state index >= 15 is 0 Å². The van der Waals surface area contributed by atoms with E-state index in [1.807, 2.05) is 18.2 Å². The molecule has 0 aliphatic heterocycles. The third-order valence-electron chi connectivity index (χ3n) is 3.85. The van der Waals surface area contributed by atoms with E-state index in [0.717, 1.165) is 10.0 Å². The van der Waals surface area contributed by atoms with E-state index in [2.05, 4.69) is 47.2 Å². The average Bonchev–Trinajstić information content (AvgIpc) is 2.60. The summed E-state index contributed by atoms with van der Waals surface area (Å²) in [6, 6.07) is 11.1. The number of methoxy groups -OCH3 is 2. The predicted octanol–water partition coefficient (Wildman–Crippen LogP) is 4.53. The number of ether oxygens (including phenoxy) is 2. The van der Waals surface area contributed by atoms with Gasteiger partial charge in [0.1, 0.15) is 0 Å². The molecule has 0 radical (unpaired) electrons. The SMILES string of the molecule is COc1cc(/C=N\NC(=O)c2ccc(C(C)(C)C)cc2)cc(Br)c1OC. The molecule has 0 fully saturated rings. The number of nitrogens with zero attached hydrogens (tertiary/aromatic N) is 1. The maximum atomic E-state index is 12.2. The third-order valence-corrected chi connectivity index (χ3v) is 4.44. The molecule has 0 unspecified atom stereocenters. The summed E-state index contributed by atoms with van der Waals surface area (Å²) in [5, 5.41) is 4.02. The first kappa shape index (κ1) is 20.0. The molecule has 0 bridgehead atoms. The van der Waals surface area contributed by atoms with Crippen LogP contribution in [0.5, 0.6) is 11.5 Å². The number of hydrogen-bond acceptors (Lipinski definition) is 4. The van der Waals surface area contributed by atoms with E-state index in [1.165, 1.54) is 5.56 Å². The Morgan fingerprint density at radius 2 is 1.77 bits per heavy atom. The normalized spacial score (nSPS) is 11.5. The minimum absolute atomic E-state index is 0.0496. The Balaban J connectivity index is 2.08. The summed E-state index contributed by atoms with van der Waals surface area (Å²) in [4.78, 5) is 12.2. The van der Waals surface area contributed by atoms with Gasteiger partial charge in [0.15, 0.2) is 11.5 Å². The molecule has 1 amide bonds. The molecule has 0 saturated heterocycles. The standard InChI is InChI=1S/C20H23BrN2O3/c1-20(2,3)15-8-6-14(7-9-15)19(24)23-22-12-13-10-16(21)18(26-5)17(11-13)25-4/h6-12H,1-5H3,(H,23,24)/b22-12-. The van der Waals surface area contributed by atoms with Crippen LogP contribution in [-0.2, 0) is 5.41 Å². The summed E-state index contributed by atoms with van der Waals surface area (Å²) in [6.45, 7) is 6.40. The van der Waals surface area contributed by atoms with Crippen LogP contribution in [0, 0.1) is 0 Å². The lowest BCUT2D eigenvalue weighted by atomic mass is 9.87. The molecular formula is C20H23BrN2O3.